The standard InChI is InChI=1S/C15H15ClN2S/c16-9-3-4-11-10(6-9)17-15(19)18(11)14-12-7-1-2-8(5-7)13(12)14/h3-4,6-8,12-14H,1-2,5H2,(H,17,19). The molecule has 2 nitrogen and oxygen atoms in total. The SMILES string of the molecule is S=c1[nH]c2cc(Cl)ccc2n1C1C2C3CCC(C3)C21. The van der Waals surface area contributed by atoms with Crippen LogP contribution in [0.1, 0.15) is 25.3 Å². The highest BCUT2D eigenvalue weighted by atomic mass is 35.5. The lowest BCUT2D eigenvalue weighted by Crippen LogP contribution is -2.04. The molecule has 3 aliphatic rings. The third-order valence-corrected chi connectivity index (χ3v) is 6.21. The summed E-state index contributed by atoms with van der Waals surface area (Å²) >= 11 is 11.6. The minimum Gasteiger partial charge on any atom is -0.331 e. The van der Waals surface area contributed by atoms with Gasteiger partial charge < -0.3 is 9.55 Å². The average Bonchev–Trinajstić information content (AvgIpc) is 2.74. The van der Waals surface area contributed by atoms with Gasteiger partial charge in [0.05, 0.1) is 11.0 Å². The molecule has 1 N–H and O–H groups in total. The molecule has 0 spiro atoms. The van der Waals surface area contributed by atoms with E-state index in [0.717, 1.165) is 39.0 Å². The maximum absolute atomic E-state index is 6.06. The fraction of sp³-hybridized carbons (Fsp3) is 0.533. The van der Waals surface area contributed by atoms with Gasteiger partial charge in [-0.15, -0.1) is 0 Å². The first kappa shape index (κ1) is 10.9. The summed E-state index contributed by atoms with van der Waals surface area (Å²) in [6.07, 6.45) is 4.38. The predicted molar refractivity (Wildman–Crippen MR) is 79.0 cm³/mol. The number of rotatable bonds is 1. The molecular formula is C15H15ClN2S. The Morgan fingerprint density at radius 3 is 2.68 bits per heavy atom. The van der Waals surface area contributed by atoms with E-state index in [-0.39, 0.29) is 0 Å². The van der Waals surface area contributed by atoms with E-state index in [1.807, 2.05) is 12.1 Å². The minimum absolute atomic E-state index is 0.661. The van der Waals surface area contributed by atoms with Crippen LogP contribution < -0.4 is 0 Å². The zero-order valence-corrected chi connectivity index (χ0v) is 12.0. The predicted octanol–water partition coefficient (Wildman–Crippen LogP) is 4.57. The third kappa shape index (κ3) is 1.30. The summed E-state index contributed by atoms with van der Waals surface area (Å²) in [5, 5.41) is 0.770. The second kappa shape index (κ2) is 3.44. The Kier molecular flexibility index (Phi) is 1.98. The van der Waals surface area contributed by atoms with Crippen molar-refractivity contribution in [3.8, 4) is 0 Å². The molecule has 3 fully saturated rings. The molecule has 1 heterocycles. The van der Waals surface area contributed by atoms with Gasteiger partial charge in [0.25, 0.3) is 0 Å². The highest BCUT2D eigenvalue weighted by molar-refractivity contribution is 7.71. The largest absolute Gasteiger partial charge is 0.331 e. The zero-order valence-electron chi connectivity index (χ0n) is 10.5. The van der Waals surface area contributed by atoms with E-state index in [1.165, 1.54) is 24.8 Å². The number of halogens is 1. The minimum atomic E-state index is 0.661. The summed E-state index contributed by atoms with van der Waals surface area (Å²) in [7, 11) is 0. The Labute approximate surface area is 121 Å². The zero-order chi connectivity index (χ0) is 12.7. The monoisotopic (exact) mass is 290 g/mol. The summed E-state index contributed by atoms with van der Waals surface area (Å²) in [5.74, 6) is 3.75. The van der Waals surface area contributed by atoms with E-state index in [1.54, 1.807) is 0 Å². The van der Waals surface area contributed by atoms with Gasteiger partial charge in [-0.1, -0.05) is 11.6 Å². The molecule has 19 heavy (non-hydrogen) atoms. The van der Waals surface area contributed by atoms with Crippen LogP contribution in [0.25, 0.3) is 11.0 Å². The van der Waals surface area contributed by atoms with Gasteiger partial charge in [-0.05, 0) is 73.4 Å². The van der Waals surface area contributed by atoms with Crippen molar-refractivity contribution in [3.05, 3.63) is 28.0 Å². The quantitative estimate of drug-likeness (QED) is 0.763. The van der Waals surface area contributed by atoms with Crippen molar-refractivity contribution >= 4 is 34.9 Å². The van der Waals surface area contributed by atoms with Gasteiger partial charge in [0.1, 0.15) is 0 Å². The Balaban J connectivity index is 1.67. The first-order valence-corrected chi connectivity index (χ1v) is 7.92. The van der Waals surface area contributed by atoms with E-state index < -0.39 is 0 Å². The van der Waals surface area contributed by atoms with Crippen molar-refractivity contribution in [3.63, 3.8) is 0 Å². The van der Waals surface area contributed by atoms with Crippen molar-refractivity contribution in [2.45, 2.75) is 25.3 Å². The van der Waals surface area contributed by atoms with E-state index in [4.69, 9.17) is 23.8 Å². The number of hydrogen-bond donors (Lipinski definition) is 1. The number of imidazole rings is 1. The van der Waals surface area contributed by atoms with Gasteiger partial charge in [-0.2, -0.15) is 0 Å². The summed E-state index contributed by atoms with van der Waals surface area (Å²) in [6.45, 7) is 0. The second-order valence-corrected chi connectivity index (χ2v) is 7.26. The molecule has 5 rings (SSSR count). The topological polar surface area (TPSA) is 20.7 Å². The number of benzene rings is 1. The second-order valence-electron chi connectivity index (χ2n) is 6.44. The van der Waals surface area contributed by atoms with E-state index in [9.17, 15) is 0 Å². The van der Waals surface area contributed by atoms with E-state index in [2.05, 4.69) is 15.6 Å². The van der Waals surface area contributed by atoms with Crippen molar-refractivity contribution in [1.29, 1.82) is 0 Å². The van der Waals surface area contributed by atoms with Crippen molar-refractivity contribution < 1.29 is 0 Å². The van der Waals surface area contributed by atoms with Crippen LogP contribution in [0.4, 0.5) is 0 Å². The van der Waals surface area contributed by atoms with Crippen LogP contribution in [-0.4, -0.2) is 9.55 Å². The molecule has 4 unspecified atom stereocenters. The Hall–Kier alpha value is -0.800. The van der Waals surface area contributed by atoms with Gasteiger partial charge >= 0.3 is 0 Å². The number of H-pyrrole nitrogens is 1. The number of aromatic nitrogens is 2. The van der Waals surface area contributed by atoms with Crippen LogP contribution >= 0.6 is 23.8 Å². The molecule has 1 aromatic heterocycles. The number of nitrogens with one attached hydrogen (secondary N) is 1. The number of fused-ring (bicyclic) bond motifs is 6. The highest BCUT2D eigenvalue weighted by Gasteiger charge is 2.66. The van der Waals surface area contributed by atoms with Crippen LogP contribution in [0.15, 0.2) is 18.2 Å². The van der Waals surface area contributed by atoms with Crippen LogP contribution in [-0.2, 0) is 0 Å². The maximum atomic E-state index is 6.06. The fourth-order valence-corrected chi connectivity index (χ4v) is 5.53. The van der Waals surface area contributed by atoms with Crippen molar-refractivity contribution in [1.82, 2.24) is 9.55 Å². The van der Waals surface area contributed by atoms with Crippen molar-refractivity contribution in [2.24, 2.45) is 23.7 Å². The molecule has 0 aliphatic heterocycles. The average molecular weight is 291 g/mol. The number of hydrogen-bond acceptors (Lipinski definition) is 1. The fourth-order valence-electron chi connectivity index (χ4n) is 5.02. The maximum Gasteiger partial charge on any atom is 0.178 e. The molecule has 0 radical (unpaired) electrons. The first-order chi connectivity index (χ1) is 9.24. The van der Waals surface area contributed by atoms with E-state index in [0.29, 0.717) is 6.04 Å². The lowest BCUT2D eigenvalue weighted by molar-refractivity contribution is 0.456. The number of nitrogens with zero attached hydrogens (tertiary/aromatic N) is 1. The van der Waals surface area contributed by atoms with Crippen LogP contribution in [0.3, 0.4) is 0 Å². The van der Waals surface area contributed by atoms with Crippen LogP contribution in [0.5, 0.6) is 0 Å². The van der Waals surface area contributed by atoms with Crippen LogP contribution in [0.2, 0.25) is 5.02 Å². The molecule has 4 heteroatoms. The van der Waals surface area contributed by atoms with E-state index >= 15 is 0 Å². The van der Waals surface area contributed by atoms with Crippen molar-refractivity contribution in [2.75, 3.05) is 0 Å². The molecule has 0 amide bonds. The molecule has 0 saturated heterocycles. The number of aromatic amines is 1. The van der Waals surface area contributed by atoms with Gasteiger partial charge in [0, 0.05) is 11.1 Å². The molecule has 4 atom stereocenters. The smallest absolute Gasteiger partial charge is 0.178 e. The van der Waals surface area contributed by atoms with Gasteiger partial charge in [0.2, 0.25) is 0 Å². The van der Waals surface area contributed by atoms with Gasteiger partial charge in [-0.25, -0.2) is 0 Å². The molecule has 2 aromatic rings. The summed E-state index contributed by atoms with van der Waals surface area (Å²) < 4.78 is 3.25. The van der Waals surface area contributed by atoms with Gasteiger partial charge in [-0.3, -0.25) is 0 Å². The molecule has 3 aliphatic carbocycles. The summed E-state index contributed by atoms with van der Waals surface area (Å²) in [5.41, 5.74) is 2.31. The highest BCUT2D eigenvalue weighted by Crippen LogP contribution is 2.71. The lowest BCUT2D eigenvalue weighted by atomic mass is 10.0. The first-order valence-electron chi connectivity index (χ1n) is 7.14. The summed E-state index contributed by atoms with van der Waals surface area (Å²) in [4.78, 5) is 3.32. The Morgan fingerprint density at radius 1 is 1.21 bits per heavy atom. The molecule has 2 bridgehead atoms. The van der Waals surface area contributed by atoms with Crippen LogP contribution in [0, 0.1) is 28.4 Å². The molecule has 3 saturated carbocycles. The lowest BCUT2D eigenvalue weighted by Gasteiger charge is -2.11. The third-order valence-electron chi connectivity index (χ3n) is 5.67. The van der Waals surface area contributed by atoms with Gasteiger partial charge in [0.15, 0.2) is 4.77 Å². The summed E-state index contributed by atoms with van der Waals surface area (Å²) in [6, 6.07) is 6.72. The molecule has 1 aromatic carbocycles. The Morgan fingerprint density at radius 2 is 1.95 bits per heavy atom. The molecular weight excluding hydrogens is 276 g/mol. The molecule has 98 valence electrons. The Bertz CT molecular complexity index is 730. The normalized spacial score (nSPS) is 38.9.